The van der Waals surface area contributed by atoms with E-state index in [-0.39, 0.29) is 18.1 Å². The SMILES string of the molecule is COc1ncncc1NC(=O)N1CC(=O)NC(=O)C12CCCCC2. The van der Waals surface area contributed by atoms with Gasteiger partial charge in [-0.15, -0.1) is 0 Å². The van der Waals surface area contributed by atoms with Gasteiger partial charge in [-0.1, -0.05) is 19.3 Å². The van der Waals surface area contributed by atoms with Crippen molar-refractivity contribution in [1.82, 2.24) is 20.2 Å². The third-order valence-electron chi connectivity index (χ3n) is 4.53. The van der Waals surface area contributed by atoms with E-state index in [0.29, 0.717) is 12.8 Å². The van der Waals surface area contributed by atoms with Crippen molar-refractivity contribution in [2.24, 2.45) is 0 Å². The van der Waals surface area contributed by atoms with Crippen LogP contribution in [0.25, 0.3) is 0 Å². The van der Waals surface area contributed by atoms with Crippen LogP contribution in [-0.4, -0.2) is 51.9 Å². The first-order valence-electron chi connectivity index (χ1n) is 7.84. The van der Waals surface area contributed by atoms with E-state index in [4.69, 9.17) is 4.74 Å². The number of nitrogens with one attached hydrogen (secondary N) is 2. The smallest absolute Gasteiger partial charge is 0.323 e. The molecular formula is C15H19N5O4. The molecule has 0 bridgehead atoms. The predicted molar refractivity (Wildman–Crippen MR) is 83.3 cm³/mol. The molecule has 3 rings (SSSR count). The second-order valence-corrected chi connectivity index (χ2v) is 5.93. The zero-order valence-electron chi connectivity index (χ0n) is 13.4. The van der Waals surface area contributed by atoms with Gasteiger partial charge in [-0.05, 0) is 12.8 Å². The van der Waals surface area contributed by atoms with Crippen molar-refractivity contribution in [3.63, 3.8) is 0 Å². The predicted octanol–water partition coefficient (Wildman–Crippen LogP) is 0.678. The van der Waals surface area contributed by atoms with Crippen molar-refractivity contribution in [2.45, 2.75) is 37.6 Å². The molecule has 2 fully saturated rings. The highest BCUT2D eigenvalue weighted by Gasteiger charge is 2.51. The molecule has 2 N–H and O–H groups in total. The van der Waals surface area contributed by atoms with Crippen LogP contribution < -0.4 is 15.4 Å². The summed E-state index contributed by atoms with van der Waals surface area (Å²) >= 11 is 0. The number of amides is 4. The summed E-state index contributed by atoms with van der Waals surface area (Å²) in [5, 5.41) is 5.01. The van der Waals surface area contributed by atoms with Crippen molar-refractivity contribution in [3.05, 3.63) is 12.5 Å². The lowest BCUT2D eigenvalue weighted by atomic mass is 9.78. The molecule has 2 aliphatic rings. The van der Waals surface area contributed by atoms with Gasteiger partial charge in [-0.25, -0.2) is 9.78 Å². The van der Waals surface area contributed by atoms with Crippen molar-refractivity contribution >= 4 is 23.5 Å². The maximum absolute atomic E-state index is 12.8. The summed E-state index contributed by atoms with van der Waals surface area (Å²) < 4.78 is 5.08. The van der Waals surface area contributed by atoms with Gasteiger partial charge in [0.2, 0.25) is 11.8 Å². The zero-order valence-corrected chi connectivity index (χ0v) is 13.4. The molecule has 4 amide bonds. The molecule has 1 aliphatic heterocycles. The Kier molecular flexibility index (Phi) is 4.32. The van der Waals surface area contributed by atoms with Gasteiger partial charge >= 0.3 is 6.03 Å². The highest BCUT2D eigenvalue weighted by Crippen LogP contribution is 2.36. The Morgan fingerprint density at radius 2 is 2.08 bits per heavy atom. The maximum Gasteiger partial charge on any atom is 0.323 e. The molecule has 9 heteroatoms. The van der Waals surface area contributed by atoms with Gasteiger partial charge in [0.25, 0.3) is 5.91 Å². The van der Waals surface area contributed by atoms with Crippen LogP contribution in [0.4, 0.5) is 10.5 Å². The quantitative estimate of drug-likeness (QED) is 0.769. The molecule has 1 aromatic rings. The molecule has 2 heterocycles. The molecular weight excluding hydrogens is 314 g/mol. The number of methoxy groups -OCH3 is 1. The Bertz CT molecular complexity index is 672. The fraction of sp³-hybridized carbons (Fsp3) is 0.533. The number of hydrogen-bond acceptors (Lipinski definition) is 6. The van der Waals surface area contributed by atoms with Crippen LogP contribution >= 0.6 is 0 Å². The molecule has 0 aromatic carbocycles. The summed E-state index contributed by atoms with van der Waals surface area (Å²) in [4.78, 5) is 46.1. The third-order valence-corrected chi connectivity index (χ3v) is 4.53. The fourth-order valence-corrected chi connectivity index (χ4v) is 3.35. The number of nitrogens with zero attached hydrogens (tertiary/aromatic N) is 3. The van der Waals surface area contributed by atoms with E-state index < -0.39 is 23.4 Å². The number of ether oxygens (including phenoxy) is 1. The van der Waals surface area contributed by atoms with Crippen LogP contribution in [0.5, 0.6) is 5.88 Å². The summed E-state index contributed by atoms with van der Waals surface area (Å²) in [5.74, 6) is -0.670. The number of imide groups is 1. The molecule has 9 nitrogen and oxygen atoms in total. The first-order chi connectivity index (χ1) is 11.6. The van der Waals surface area contributed by atoms with Crippen molar-refractivity contribution < 1.29 is 19.1 Å². The van der Waals surface area contributed by atoms with Crippen molar-refractivity contribution in [1.29, 1.82) is 0 Å². The number of aromatic nitrogens is 2. The number of piperazine rings is 1. The Labute approximate surface area is 138 Å². The normalized spacial score (nSPS) is 19.8. The Hall–Kier alpha value is -2.71. The van der Waals surface area contributed by atoms with Gasteiger partial charge in [0.1, 0.15) is 24.1 Å². The van der Waals surface area contributed by atoms with Crippen LogP contribution in [0.2, 0.25) is 0 Å². The largest absolute Gasteiger partial charge is 0.479 e. The average Bonchev–Trinajstić information content (AvgIpc) is 2.59. The molecule has 1 saturated carbocycles. The fourth-order valence-electron chi connectivity index (χ4n) is 3.35. The standard InChI is InChI=1S/C15H19N5O4/c1-24-12-10(7-16-9-17-12)18-14(23)20-8-11(21)19-13(22)15(20)5-3-2-4-6-15/h7,9H,2-6,8H2,1H3,(H,18,23)(H,19,21,22). The van der Waals surface area contributed by atoms with Crippen LogP contribution in [0.15, 0.2) is 12.5 Å². The monoisotopic (exact) mass is 333 g/mol. The molecule has 1 spiro atoms. The lowest BCUT2D eigenvalue weighted by Crippen LogP contribution is -2.69. The van der Waals surface area contributed by atoms with Gasteiger partial charge in [0.15, 0.2) is 0 Å². The Morgan fingerprint density at radius 3 is 2.79 bits per heavy atom. The van der Waals surface area contributed by atoms with Gasteiger partial charge in [-0.2, -0.15) is 4.98 Å². The van der Waals surface area contributed by atoms with Crippen molar-refractivity contribution in [2.75, 3.05) is 19.0 Å². The van der Waals surface area contributed by atoms with Gasteiger partial charge in [0, 0.05) is 0 Å². The average molecular weight is 333 g/mol. The zero-order chi connectivity index (χ0) is 17.2. The molecule has 1 saturated heterocycles. The maximum atomic E-state index is 12.8. The summed E-state index contributed by atoms with van der Waals surface area (Å²) in [5.41, 5.74) is -0.687. The Morgan fingerprint density at radius 1 is 1.33 bits per heavy atom. The summed E-state index contributed by atoms with van der Waals surface area (Å²) in [6, 6.07) is -0.534. The second kappa shape index (κ2) is 6.42. The number of carbonyl (C=O) groups excluding carboxylic acids is 3. The minimum Gasteiger partial charge on any atom is -0.479 e. The Balaban J connectivity index is 1.87. The number of anilines is 1. The van der Waals surface area contributed by atoms with Gasteiger partial charge in [0.05, 0.1) is 13.3 Å². The van der Waals surface area contributed by atoms with E-state index in [1.807, 2.05) is 0 Å². The van der Waals surface area contributed by atoms with E-state index in [2.05, 4.69) is 20.6 Å². The third kappa shape index (κ3) is 2.77. The van der Waals surface area contributed by atoms with E-state index in [1.165, 1.54) is 24.5 Å². The minimum absolute atomic E-state index is 0.159. The summed E-state index contributed by atoms with van der Waals surface area (Å²) in [6.45, 7) is -0.159. The number of rotatable bonds is 2. The molecule has 1 aromatic heterocycles. The number of hydrogen-bond donors (Lipinski definition) is 2. The second-order valence-electron chi connectivity index (χ2n) is 5.93. The van der Waals surface area contributed by atoms with Crippen LogP contribution in [0.3, 0.4) is 0 Å². The highest BCUT2D eigenvalue weighted by atomic mass is 16.5. The van der Waals surface area contributed by atoms with Crippen LogP contribution in [-0.2, 0) is 9.59 Å². The van der Waals surface area contributed by atoms with E-state index in [0.717, 1.165) is 19.3 Å². The lowest BCUT2D eigenvalue weighted by molar-refractivity contribution is -0.146. The summed E-state index contributed by atoms with van der Waals surface area (Å²) in [6.07, 6.45) is 6.48. The van der Waals surface area contributed by atoms with E-state index >= 15 is 0 Å². The molecule has 0 radical (unpaired) electrons. The minimum atomic E-state index is -0.973. The molecule has 0 unspecified atom stereocenters. The first-order valence-corrected chi connectivity index (χ1v) is 7.84. The van der Waals surface area contributed by atoms with Crippen LogP contribution in [0, 0.1) is 0 Å². The topological polar surface area (TPSA) is 114 Å². The van der Waals surface area contributed by atoms with E-state index in [9.17, 15) is 14.4 Å². The molecule has 0 atom stereocenters. The van der Waals surface area contributed by atoms with Gasteiger partial charge < -0.3 is 15.0 Å². The first kappa shape index (κ1) is 16.2. The lowest BCUT2D eigenvalue weighted by Gasteiger charge is -2.46. The van der Waals surface area contributed by atoms with Gasteiger partial charge in [-0.3, -0.25) is 14.9 Å². The number of carbonyl (C=O) groups is 3. The molecule has 128 valence electrons. The highest BCUT2D eigenvalue weighted by molar-refractivity contribution is 6.08. The molecule has 1 aliphatic carbocycles. The number of urea groups is 1. The molecule has 24 heavy (non-hydrogen) atoms. The summed E-state index contributed by atoms with van der Waals surface area (Å²) in [7, 11) is 1.43. The van der Waals surface area contributed by atoms with E-state index in [1.54, 1.807) is 0 Å². The van der Waals surface area contributed by atoms with Crippen molar-refractivity contribution in [3.8, 4) is 5.88 Å². The van der Waals surface area contributed by atoms with Crippen LogP contribution in [0.1, 0.15) is 32.1 Å².